The summed E-state index contributed by atoms with van der Waals surface area (Å²) < 4.78 is 10.4. The lowest BCUT2D eigenvalue weighted by molar-refractivity contribution is -0.276. The summed E-state index contributed by atoms with van der Waals surface area (Å²) in [6, 6.07) is -0.240. The zero-order chi connectivity index (χ0) is 19.5. The first kappa shape index (κ1) is 23.5. The molecule has 0 spiro atoms. The number of carbonyl (C=O) groups excluding carboxylic acids is 2. The lowest BCUT2D eigenvalue weighted by atomic mass is 10.1. The highest BCUT2D eigenvalue weighted by atomic mass is 17.2. The zero-order valence-corrected chi connectivity index (χ0v) is 16.6. The van der Waals surface area contributed by atoms with Gasteiger partial charge >= 0.3 is 12.2 Å². The quantitative estimate of drug-likeness (QED) is 0.372. The van der Waals surface area contributed by atoms with Crippen molar-refractivity contribution in [3.8, 4) is 0 Å². The fraction of sp³-hybridized carbons (Fsp3) is 0.882. The minimum atomic E-state index is -0.561. The second kappa shape index (κ2) is 11.1. The van der Waals surface area contributed by atoms with Crippen LogP contribution in [0, 0.1) is 0 Å². The van der Waals surface area contributed by atoms with Crippen LogP contribution in [0.2, 0.25) is 0 Å². The Kier molecular flexibility index (Phi) is 10.5. The summed E-state index contributed by atoms with van der Waals surface area (Å²) in [6.45, 7) is 11.6. The van der Waals surface area contributed by atoms with Crippen molar-refractivity contribution >= 4 is 12.2 Å². The highest BCUT2D eigenvalue weighted by molar-refractivity contribution is 5.68. The minimum Gasteiger partial charge on any atom is -0.444 e. The van der Waals surface area contributed by atoms with E-state index in [-0.39, 0.29) is 12.6 Å². The number of unbranched alkanes of at least 4 members (excludes halogenated alkanes) is 1. The maximum Gasteiger partial charge on any atom is 0.407 e. The van der Waals surface area contributed by atoms with E-state index in [0.29, 0.717) is 13.0 Å². The third kappa shape index (κ3) is 15.7. The Bertz CT molecular complexity index is 401. The van der Waals surface area contributed by atoms with E-state index in [9.17, 15) is 9.59 Å². The van der Waals surface area contributed by atoms with Gasteiger partial charge in [-0.3, -0.25) is 0 Å². The normalized spacial score (nSPS) is 13.1. The van der Waals surface area contributed by atoms with Crippen molar-refractivity contribution in [2.24, 2.45) is 0 Å². The number of hydrogen-bond acceptors (Lipinski definition) is 6. The maximum absolute atomic E-state index is 11.8. The number of amides is 2. The monoisotopic (exact) mass is 362 g/mol. The summed E-state index contributed by atoms with van der Waals surface area (Å²) in [7, 11) is 1.41. The third-order valence-electron chi connectivity index (χ3n) is 2.76. The Morgan fingerprint density at radius 1 is 0.920 bits per heavy atom. The highest BCUT2D eigenvalue weighted by Gasteiger charge is 2.20. The molecule has 0 aromatic rings. The summed E-state index contributed by atoms with van der Waals surface area (Å²) in [6.07, 6.45) is 1.27. The minimum absolute atomic E-state index is 0.217. The molecule has 1 unspecified atom stereocenters. The molecule has 0 aromatic heterocycles. The van der Waals surface area contributed by atoms with E-state index in [0.717, 1.165) is 12.8 Å². The van der Waals surface area contributed by atoms with Gasteiger partial charge in [-0.05, 0) is 60.8 Å². The molecule has 0 heterocycles. The van der Waals surface area contributed by atoms with Crippen LogP contribution in [0.4, 0.5) is 9.59 Å². The van der Waals surface area contributed by atoms with Gasteiger partial charge in [-0.1, -0.05) is 0 Å². The molecule has 0 saturated carbocycles. The molecule has 8 nitrogen and oxygen atoms in total. The predicted molar refractivity (Wildman–Crippen MR) is 94.2 cm³/mol. The average molecular weight is 362 g/mol. The van der Waals surface area contributed by atoms with Crippen LogP contribution in [-0.4, -0.2) is 49.7 Å². The van der Waals surface area contributed by atoms with Crippen LogP contribution in [0.15, 0.2) is 0 Å². The zero-order valence-electron chi connectivity index (χ0n) is 16.6. The fourth-order valence-electron chi connectivity index (χ4n) is 1.84. The van der Waals surface area contributed by atoms with E-state index in [4.69, 9.17) is 14.4 Å². The number of hydrogen-bond donors (Lipinski definition) is 2. The third-order valence-corrected chi connectivity index (χ3v) is 2.76. The van der Waals surface area contributed by atoms with E-state index in [1.165, 1.54) is 7.11 Å². The molecule has 0 saturated heterocycles. The standard InChI is InChI=1S/C17H34N2O6/c1-16(2,3)24-14(20)18-11-9-8-10-13(12-23-22-7)19-15(21)25-17(4,5)6/h13H,8-12H2,1-7H3,(H,18,20)(H,19,21). The van der Waals surface area contributed by atoms with Crippen molar-refractivity contribution < 1.29 is 28.8 Å². The Morgan fingerprint density at radius 2 is 1.48 bits per heavy atom. The summed E-state index contributed by atoms with van der Waals surface area (Å²) in [4.78, 5) is 32.9. The molecular formula is C17H34N2O6. The van der Waals surface area contributed by atoms with Gasteiger partial charge in [0.15, 0.2) is 0 Å². The molecule has 0 aliphatic heterocycles. The number of carbonyl (C=O) groups is 2. The number of rotatable bonds is 9. The molecule has 1 atom stereocenters. The molecule has 148 valence electrons. The second-order valence-electron chi connectivity index (χ2n) is 7.72. The molecule has 0 radical (unpaired) electrons. The second-order valence-corrected chi connectivity index (χ2v) is 7.72. The van der Waals surface area contributed by atoms with Crippen molar-refractivity contribution in [3.05, 3.63) is 0 Å². The number of ether oxygens (including phenoxy) is 2. The Hall–Kier alpha value is -1.54. The molecule has 0 aliphatic carbocycles. The molecule has 0 fully saturated rings. The average Bonchev–Trinajstić information content (AvgIpc) is 2.39. The summed E-state index contributed by atoms with van der Waals surface area (Å²) in [5, 5.41) is 5.46. The molecule has 2 N–H and O–H groups in total. The largest absolute Gasteiger partial charge is 0.444 e. The lowest BCUT2D eigenvalue weighted by Crippen LogP contribution is -2.41. The fourth-order valence-corrected chi connectivity index (χ4v) is 1.84. The molecule has 25 heavy (non-hydrogen) atoms. The van der Waals surface area contributed by atoms with Gasteiger partial charge in [0.05, 0.1) is 13.2 Å². The topological polar surface area (TPSA) is 95.1 Å². The van der Waals surface area contributed by atoms with E-state index in [1.54, 1.807) is 20.8 Å². The van der Waals surface area contributed by atoms with E-state index >= 15 is 0 Å². The molecule has 0 aliphatic rings. The van der Waals surface area contributed by atoms with Gasteiger partial charge in [0, 0.05) is 6.54 Å². The van der Waals surface area contributed by atoms with E-state index < -0.39 is 23.4 Å². The van der Waals surface area contributed by atoms with E-state index in [1.807, 2.05) is 20.8 Å². The summed E-state index contributed by atoms with van der Waals surface area (Å²) in [5.41, 5.74) is -1.07. The summed E-state index contributed by atoms with van der Waals surface area (Å²) >= 11 is 0. The molecule has 0 aromatic carbocycles. The van der Waals surface area contributed by atoms with Crippen molar-refractivity contribution in [2.45, 2.75) is 78.0 Å². The van der Waals surface area contributed by atoms with Gasteiger partial charge in [0.25, 0.3) is 0 Å². The first-order valence-corrected chi connectivity index (χ1v) is 8.55. The Morgan fingerprint density at radius 3 is 2.00 bits per heavy atom. The van der Waals surface area contributed by atoms with Crippen molar-refractivity contribution in [1.29, 1.82) is 0 Å². The van der Waals surface area contributed by atoms with Gasteiger partial charge in [0.1, 0.15) is 17.8 Å². The molecular weight excluding hydrogens is 328 g/mol. The van der Waals surface area contributed by atoms with Crippen LogP contribution in [0.25, 0.3) is 0 Å². The molecule has 8 heteroatoms. The first-order valence-electron chi connectivity index (χ1n) is 8.55. The Labute approximate surface area is 150 Å². The number of alkyl carbamates (subject to hydrolysis) is 2. The van der Waals surface area contributed by atoms with Crippen molar-refractivity contribution in [2.75, 3.05) is 20.3 Å². The molecule has 2 amide bonds. The van der Waals surface area contributed by atoms with Gasteiger partial charge in [0.2, 0.25) is 0 Å². The van der Waals surface area contributed by atoms with Gasteiger partial charge < -0.3 is 20.1 Å². The van der Waals surface area contributed by atoms with Crippen LogP contribution < -0.4 is 10.6 Å². The molecule has 0 rings (SSSR count). The van der Waals surface area contributed by atoms with Crippen LogP contribution in [0.3, 0.4) is 0 Å². The van der Waals surface area contributed by atoms with Crippen LogP contribution in [-0.2, 0) is 19.2 Å². The number of nitrogens with one attached hydrogen (secondary N) is 2. The van der Waals surface area contributed by atoms with Crippen LogP contribution in [0.5, 0.6) is 0 Å². The lowest BCUT2D eigenvalue weighted by Gasteiger charge is -2.23. The SMILES string of the molecule is COOCC(CCCCNC(=O)OC(C)(C)C)NC(=O)OC(C)(C)C. The maximum atomic E-state index is 11.8. The van der Waals surface area contributed by atoms with Crippen LogP contribution >= 0.6 is 0 Å². The highest BCUT2D eigenvalue weighted by Crippen LogP contribution is 2.09. The van der Waals surface area contributed by atoms with Gasteiger partial charge in [-0.25, -0.2) is 19.4 Å². The predicted octanol–water partition coefficient (Wildman–Crippen LogP) is 3.15. The van der Waals surface area contributed by atoms with Crippen LogP contribution in [0.1, 0.15) is 60.8 Å². The van der Waals surface area contributed by atoms with E-state index in [2.05, 4.69) is 15.5 Å². The van der Waals surface area contributed by atoms with Crippen molar-refractivity contribution in [1.82, 2.24) is 10.6 Å². The van der Waals surface area contributed by atoms with Gasteiger partial charge in [-0.15, -0.1) is 0 Å². The smallest absolute Gasteiger partial charge is 0.407 e. The Balaban J connectivity index is 4.11. The van der Waals surface area contributed by atoms with Crippen molar-refractivity contribution in [3.63, 3.8) is 0 Å². The van der Waals surface area contributed by atoms with Gasteiger partial charge in [-0.2, -0.15) is 0 Å². The first-order chi connectivity index (χ1) is 11.4. The summed E-state index contributed by atoms with van der Waals surface area (Å²) in [5.74, 6) is 0. The molecule has 0 bridgehead atoms.